The summed E-state index contributed by atoms with van der Waals surface area (Å²) in [5.74, 6) is 0.808. The van der Waals surface area contributed by atoms with E-state index < -0.39 is 0 Å². The first-order chi connectivity index (χ1) is 7.22. The van der Waals surface area contributed by atoms with Gasteiger partial charge in [0.15, 0.2) is 0 Å². The summed E-state index contributed by atoms with van der Waals surface area (Å²) in [4.78, 5) is 4.47. The average Bonchev–Trinajstić information content (AvgIpc) is 2.27. The molecule has 0 radical (unpaired) electrons. The van der Waals surface area contributed by atoms with Gasteiger partial charge in [-0.25, -0.2) is 0 Å². The molecular weight excluding hydrogens is 208 g/mol. The average molecular weight is 218 g/mol. The number of aromatic nitrogens is 1. The van der Waals surface area contributed by atoms with Gasteiger partial charge in [0.05, 0.1) is 7.11 Å². The second kappa shape index (κ2) is 3.82. The number of hydrogen-bond acceptors (Lipinski definition) is 3. The van der Waals surface area contributed by atoms with E-state index in [1.54, 1.807) is 13.3 Å². The van der Waals surface area contributed by atoms with E-state index >= 15 is 0 Å². The van der Waals surface area contributed by atoms with E-state index in [0.29, 0.717) is 10.7 Å². The molecule has 2 rings (SSSR count). The molecule has 0 aliphatic carbocycles. The van der Waals surface area contributed by atoms with E-state index in [4.69, 9.17) is 22.7 Å². The number of nitrogens with two attached hydrogens (primary N) is 1. The molecule has 76 valence electrons. The molecule has 0 fully saturated rings. The molecule has 3 nitrogen and oxygen atoms in total. The first-order valence-electron chi connectivity index (χ1n) is 4.45. The molecule has 0 bridgehead atoms. The van der Waals surface area contributed by atoms with Crippen molar-refractivity contribution in [3.63, 3.8) is 0 Å². The van der Waals surface area contributed by atoms with Crippen molar-refractivity contribution in [2.24, 2.45) is 5.73 Å². The Morgan fingerprint density at radius 3 is 2.87 bits per heavy atom. The van der Waals surface area contributed by atoms with Crippen molar-refractivity contribution in [1.82, 2.24) is 4.98 Å². The molecule has 1 aromatic carbocycles. The van der Waals surface area contributed by atoms with Crippen LogP contribution in [0.5, 0.6) is 5.75 Å². The van der Waals surface area contributed by atoms with Crippen LogP contribution in [0.1, 0.15) is 5.69 Å². The third-order valence-electron chi connectivity index (χ3n) is 2.20. The van der Waals surface area contributed by atoms with Gasteiger partial charge in [-0.15, -0.1) is 0 Å². The van der Waals surface area contributed by atoms with Gasteiger partial charge >= 0.3 is 0 Å². The second-order valence-corrected chi connectivity index (χ2v) is 3.55. The monoisotopic (exact) mass is 218 g/mol. The highest BCUT2D eigenvalue weighted by molar-refractivity contribution is 7.80. The van der Waals surface area contributed by atoms with Crippen LogP contribution in [-0.4, -0.2) is 17.1 Å². The summed E-state index contributed by atoms with van der Waals surface area (Å²) in [6.45, 7) is 0. The Labute approximate surface area is 92.9 Å². The first kappa shape index (κ1) is 9.86. The Balaban J connectivity index is 2.72. The fourth-order valence-corrected chi connectivity index (χ4v) is 1.64. The van der Waals surface area contributed by atoms with Crippen LogP contribution in [-0.2, 0) is 0 Å². The molecule has 0 atom stereocenters. The van der Waals surface area contributed by atoms with Crippen molar-refractivity contribution in [3.05, 3.63) is 36.2 Å². The Kier molecular flexibility index (Phi) is 2.51. The summed E-state index contributed by atoms with van der Waals surface area (Å²) in [7, 11) is 1.64. The molecule has 0 saturated carbocycles. The van der Waals surface area contributed by atoms with E-state index in [-0.39, 0.29) is 0 Å². The molecule has 0 saturated heterocycles. The fourth-order valence-electron chi connectivity index (χ4n) is 1.48. The highest BCUT2D eigenvalue weighted by Gasteiger charge is 2.05. The van der Waals surface area contributed by atoms with Crippen LogP contribution in [0.2, 0.25) is 0 Å². The maximum absolute atomic E-state index is 5.59. The van der Waals surface area contributed by atoms with Crippen LogP contribution in [0.15, 0.2) is 30.5 Å². The predicted molar refractivity (Wildman–Crippen MR) is 64.2 cm³/mol. The Bertz CT molecular complexity index is 525. The Morgan fingerprint density at radius 2 is 2.20 bits per heavy atom. The van der Waals surface area contributed by atoms with Gasteiger partial charge in [-0.1, -0.05) is 12.2 Å². The number of rotatable bonds is 2. The molecule has 4 heteroatoms. The molecule has 0 aliphatic heterocycles. The standard InChI is InChI=1S/C11H10N2OS/c1-14-8-2-3-9-7(6-8)4-5-13-10(9)11(12)15/h2-6H,1H3,(H2,12,15). The van der Waals surface area contributed by atoms with Crippen molar-refractivity contribution in [1.29, 1.82) is 0 Å². The zero-order chi connectivity index (χ0) is 10.8. The molecule has 1 aromatic heterocycles. The van der Waals surface area contributed by atoms with Crippen LogP contribution >= 0.6 is 12.2 Å². The number of pyridine rings is 1. The highest BCUT2D eigenvalue weighted by Crippen LogP contribution is 2.22. The molecule has 0 amide bonds. The van der Waals surface area contributed by atoms with E-state index in [2.05, 4.69) is 4.98 Å². The summed E-state index contributed by atoms with van der Waals surface area (Å²) < 4.78 is 5.14. The normalized spacial score (nSPS) is 10.2. The number of methoxy groups -OCH3 is 1. The lowest BCUT2D eigenvalue weighted by Gasteiger charge is -2.05. The molecule has 0 spiro atoms. The lowest BCUT2D eigenvalue weighted by Crippen LogP contribution is -2.11. The van der Waals surface area contributed by atoms with Crippen LogP contribution < -0.4 is 10.5 Å². The molecule has 2 N–H and O–H groups in total. The Morgan fingerprint density at radius 1 is 1.40 bits per heavy atom. The maximum atomic E-state index is 5.59. The third-order valence-corrected chi connectivity index (χ3v) is 2.40. The minimum atomic E-state index is 0.311. The SMILES string of the molecule is COc1ccc2c(C(N)=S)nccc2c1. The van der Waals surface area contributed by atoms with Gasteiger partial charge in [0.2, 0.25) is 0 Å². The number of hydrogen-bond donors (Lipinski definition) is 1. The summed E-state index contributed by atoms with van der Waals surface area (Å²) in [6, 6.07) is 7.61. The minimum absolute atomic E-state index is 0.311. The highest BCUT2D eigenvalue weighted by atomic mass is 32.1. The maximum Gasteiger partial charge on any atom is 0.123 e. The van der Waals surface area contributed by atoms with Gasteiger partial charge in [0, 0.05) is 11.6 Å². The van der Waals surface area contributed by atoms with Gasteiger partial charge in [0.1, 0.15) is 16.4 Å². The molecule has 0 unspecified atom stereocenters. The van der Waals surface area contributed by atoms with Gasteiger partial charge in [0.25, 0.3) is 0 Å². The zero-order valence-corrected chi connectivity index (χ0v) is 9.04. The van der Waals surface area contributed by atoms with Crippen molar-refractivity contribution in [2.75, 3.05) is 7.11 Å². The van der Waals surface area contributed by atoms with Crippen molar-refractivity contribution < 1.29 is 4.74 Å². The predicted octanol–water partition coefficient (Wildman–Crippen LogP) is 1.88. The quantitative estimate of drug-likeness (QED) is 0.782. The molecule has 0 aliphatic rings. The smallest absolute Gasteiger partial charge is 0.123 e. The number of thiocarbonyl (C=S) groups is 1. The van der Waals surface area contributed by atoms with Gasteiger partial charge in [-0.3, -0.25) is 4.98 Å². The largest absolute Gasteiger partial charge is 0.497 e. The number of fused-ring (bicyclic) bond motifs is 1. The van der Waals surface area contributed by atoms with Crippen molar-refractivity contribution in [2.45, 2.75) is 0 Å². The molecule has 1 heterocycles. The van der Waals surface area contributed by atoms with Gasteiger partial charge in [-0.2, -0.15) is 0 Å². The summed E-state index contributed by atoms with van der Waals surface area (Å²) in [5, 5.41) is 1.97. The van der Waals surface area contributed by atoms with Crippen LogP contribution in [0, 0.1) is 0 Å². The number of ether oxygens (including phenoxy) is 1. The van der Waals surface area contributed by atoms with Gasteiger partial charge in [-0.05, 0) is 29.7 Å². The molecular formula is C11H10N2OS. The van der Waals surface area contributed by atoms with Crippen LogP contribution in [0.25, 0.3) is 10.8 Å². The minimum Gasteiger partial charge on any atom is -0.497 e. The third kappa shape index (κ3) is 1.76. The summed E-state index contributed by atoms with van der Waals surface area (Å²) >= 11 is 4.93. The van der Waals surface area contributed by atoms with E-state index in [1.807, 2.05) is 24.3 Å². The lowest BCUT2D eigenvalue weighted by atomic mass is 10.1. The van der Waals surface area contributed by atoms with E-state index in [1.165, 1.54) is 0 Å². The Hall–Kier alpha value is -1.68. The lowest BCUT2D eigenvalue weighted by molar-refractivity contribution is 0.415. The molecule has 15 heavy (non-hydrogen) atoms. The van der Waals surface area contributed by atoms with E-state index in [0.717, 1.165) is 16.5 Å². The molecule has 2 aromatic rings. The number of nitrogens with zero attached hydrogens (tertiary/aromatic N) is 1. The second-order valence-electron chi connectivity index (χ2n) is 3.11. The zero-order valence-electron chi connectivity index (χ0n) is 8.23. The first-order valence-corrected chi connectivity index (χ1v) is 4.86. The topological polar surface area (TPSA) is 48.1 Å². The number of benzene rings is 1. The van der Waals surface area contributed by atoms with E-state index in [9.17, 15) is 0 Å². The summed E-state index contributed by atoms with van der Waals surface area (Å²) in [5.41, 5.74) is 6.25. The fraction of sp³-hybridized carbons (Fsp3) is 0.0909. The van der Waals surface area contributed by atoms with Crippen LogP contribution in [0.3, 0.4) is 0 Å². The van der Waals surface area contributed by atoms with Gasteiger partial charge < -0.3 is 10.5 Å². The van der Waals surface area contributed by atoms with Crippen molar-refractivity contribution in [3.8, 4) is 5.75 Å². The van der Waals surface area contributed by atoms with Crippen LogP contribution in [0.4, 0.5) is 0 Å². The summed E-state index contributed by atoms with van der Waals surface area (Å²) in [6.07, 6.45) is 1.69. The van der Waals surface area contributed by atoms with Crippen molar-refractivity contribution >= 4 is 28.0 Å².